The Labute approximate surface area is 113 Å². The van der Waals surface area contributed by atoms with Crippen LogP contribution in [-0.4, -0.2) is 16.3 Å². The Kier molecular flexibility index (Phi) is 5.67. The van der Waals surface area contributed by atoms with Crippen LogP contribution in [0.25, 0.3) is 0 Å². The van der Waals surface area contributed by atoms with Gasteiger partial charge in [0.25, 0.3) is 0 Å². The molecule has 1 unspecified atom stereocenters. The maximum Gasteiger partial charge on any atom is 0.0701 e. The Morgan fingerprint density at radius 1 is 1.35 bits per heavy atom. The van der Waals surface area contributed by atoms with E-state index in [2.05, 4.69) is 65.6 Å². The van der Waals surface area contributed by atoms with Crippen LogP contribution < -0.4 is 5.32 Å². The maximum absolute atomic E-state index is 4.46. The normalized spacial score (nSPS) is 13.6. The first-order valence-corrected chi connectivity index (χ1v) is 7.24. The van der Waals surface area contributed by atoms with Crippen molar-refractivity contribution in [2.45, 2.75) is 53.1 Å². The molecule has 0 aliphatic rings. The standard InChI is InChI=1S/C13H24BrN3/c1-6-7-15-12(9(2)3)13-11(14)8-16-17(13)10(4)5/h8-10,12,15H,6-7H2,1-5H3. The zero-order valence-electron chi connectivity index (χ0n) is 11.5. The molecular formula is C13H24BrN3. The predicted octanol–water partition coefficient (Wildman–Crippen LogP) is 3.92. The molecule has 0 bridgehead atoms. The van der Waals surface area contributed by atoms with Crippen LogP contribution in [-0.2, 0) is 0 Å². The summed E-state index contributed by atoms with van der Waals surface area (Å²) >= 11 is 3.62. The second kappa shape index (κ2) is 6.55. The minimum Gasteiger partial charge on any atom is -0.308 e. The first-order chi connectivity index (χ1) is 7.99. The molecule has 3 nitrogen and oxygen atoms in total. The minimum absolute atomic E-state index is 0.356. The van der Waals surface area contributed by atoms with E-state index in [1.165, 1.54) is 5.69 Å². The zero-order valence-corrected chi connectivity index (χ0v) is 13.1. The van der Waals surface area contributed by atoms with E-state index in [0.717, 1.165) is 17.4 Å². The van der Waals surface area contributed by atoms with Gasteiger partial charge in [0.05, 0.1) is 22.4 Å². The molecular weight excluding hydrogens is 278 g/mol. The molecule has 0 amide bonds. The van der Waals surface area contributed by atoms with Crippen molar-refractivity contribution in [2.24, 2.45) is 5.92 Å². The van der Waals surface area contributed by atoms with E-state index in [9.17, 15) is 0 Å². The van der Waals surface area contributed by atoms with Gasteiger partial charge in [0.2, 0.25) is 0 Å². The molecule has 0 aromatic carbocycles. The van der Waals surface area contributed by atoms with Crippen LogP contribution >= 0.6 is 15.9 Å². The Hall–Kier alpha value is -0.350. The molecule has 98 valence electrons. The first kappa shape index (κ1) is 14.7. The molecule has 0 fully saturated rings. The van der Waals surface area contributed by atoms with Crippen molar-refractivity contribution in [2.75, 3.05) is 6.54 Å². The largest absolute Gasteiger partial charge is 0.308 e. The Morgan fingerprint density at radius 3 is 2.47 bits per heavy atom. The molecule has 0 spiro atoms. The summed E-state index contributed by atoms with van der Waals surface area (Å²) in [5.41, 5.74) is 1.27. The van der Waals surface area contributed by atoms with Gasteiger partial charge in [-0.25, -0.2) is 0 Å². The molecule has 4 heteroatoms. The van der Waals surface area contributed by atoms with Gasteiger partial charge in [-0.15, -0.1) is 0 Å². The van der Waals surface area contributed by atoms with E-state index in [1.54, 1.807) is 0 Å². The molecule has 0 saturated carbocycles. The number of rotatable bonds is 6. The maximum atomic E-state index is 4.46. The number of hydrogen-bond acceptors (Lipinski definition) is 2. The van der Waals surface area contributed by atoms with Crippen molar-refractivity contribution >= 4 is 15.9 Å². The van der Waals surface area contributed by atoms with Gasteiger partial charge >= 0.3 is 0 Å². The molecule has 0 aliphatic heterocycles. The van der Waals surface area contributed by atoms with Crippen LogP contribution in [0.5, 0.6) is 0 Å². The molecule has 1 heterocycles. The Bertz CT molecular complexity index is 344. The summed E-state index contributed by atoms with van der Waals surface area (Å²) in [7, 11) is 0. The Balaban J connectivity index is 3.03. The van der Waals surface area contributed by atoms with Gasteiger partial charge in [-0.2, -0.15) is 5.10 Å². The van der Waals surface area contributed by atoms with Crippen LogP contribution in [0.3, 0.4) is 0 Å². The van der Waals surface area contributed by atoms with Crippen molar-refractivity contribution in [3.63, 3.8) is 0 Å². The fraction of sp³-hybridized carbons (Fsp3) is 0.769. The smallest absolute Gasteiger partial charge is 0.0701 e. The van der Waals surface area contributed by atoms with Gasteiger partial charge in [-0.3, -0.25) is 4.68 Å². The molecule has 1 rings (SSSR count). The molecule has 1 N–H and O–H groups in total. The van der Waals surface area contributed by atoms with Gasteiger partial charge < -0.3 is 5.32 Å². The van der Waals surface area contributed by atoms with E-state index in [1.807, 2.05) is 6.20 Å². The number of aromatic nitrogens is 2. The van der Waals surface area contributed by atoms with Crippen molar-refractivity contribution in [1.29, 1.82) is 0 Å². The van der Waals surface area contributed by atoms with Crippen LogP contribution in [0.1, 0.15) is 58.8 Å². The molecule has 0 aliphatic carbocycles. The SMILES string of the molecule is CCCNC(c1c(Br)cnn1C(C)C)C(C)C. The van der Waals surface area contributed by atoms with Crippen LogP contribution in [0.15, 0.2) is 10.7 Å². The van der Waals surface area contributed by atoms with Gasteiger partial charge in [0, 0.05) is 6.04 Å². The molecule has 1 aromatic rings. The number of halogens is 1. The van der Waals surface area contributed by atoms with Crippen molar-refractivity contribution < 1.29 is 0 Å². The van der Waals surface area contributed by atoms with E-state index >= 15 is 0 Å². The van der Waals surface area contributed by atoms with E-state index < -0.39 is 0 Å². The summed E-state index contributed by atoms with van der Waals surface area (Å²) in [6.45, 7) is 12.1. The lowest BCUT2D eigenvalue weighted by Gasteiger charge is -2.25. The fourth-order valence-corrected chi connectivity index (χ4v) is 2.52. The summed E-state index contributed by atoms with van der Waals surface area (Å²) in [5.74, 6) is 0.548. The van der Waals surface area contributed by atoms with Gasteiger partial charge in [0.15, 0.2) is 0 Å². The van der Waals surface area contributed by atoms with Crippen molar-refractivity contribution in [3.05, 3.63) is 16.4 Å². The molecule has 17 heavy (non-hydrogen) atoms. The summed E-state index contributed by atoms with van der Waals surface area (Å²) in [4.78, 5) is 0. The predicted molar refractivity (Wildman–Crippen MR) is 76.2 cm³/mol. The number of nitrogens with one attached hydrogen (secondary N) is 1. The van der Waals surface area contributed by atoms with Gasteiger partial charge in [-0.05, 0) is 48.7 Å². The monoisotopic (exact) mass is 301 g/mol. The van der Waals surface area contributed by atoms with Crippen LogP contribution in [0, 0.1) is 5.92 Å². The topological polar surface area (TPSA) is 29.9 Å². The first-order valence-electron chi connectivity index (χ1n) is 6.45. The average Bonchev–Trinajstić information content (AvgIpc) is 2.61. The van der Waals surface area contributed by atoms with E-state index in [-0.39, 0.29) is 0 Å². The highest BCUT2D eigenvalue weighted by Crippen LogP contribution is 2.30. The second-order valence-electron chi connectivity index (χ2n) is 5.09. The summed E-state index contributed by atoms with van der Waals surface area (Å²) in [6, 6.07) is 0.746. The molecule has 0 radical (unpaired) electrons. The summed E-state index contributed by atoms with van der Waals surface area (Å²) < 4.78 is 3.21. The van der Waals surface area contributed by atoms with Gasteiger partial charge in [-0.1, -0.05) is 20.8 Å². The number of hydrogen-bond donors (Lipinski definition) is 1. The average molecular weight is 302 g/mol. The highest BCUT2D eigenvalue weighted by atomic mass is 79.9. The highest BCUT2D eigenvalue weighted by molar-refractivity contribution is 9.10. The zero-order chi connectivity index (χ0) is 13.0. The fourth-order valence-electron chi connectivity index (χ4n) is 2.00. The lowest BCUT2D eigenvalue weighted by Crippen LogP contribution is -2.29. The third kappa shape index (κ3) is 3.55. The molecule has 1 atom stereocenters. The molecule has 1 aromatic heterocycles. The lowest BCUT2D eigenvalue weighted by atomic mass is 10.0. The molecule has 0 saturated heterocycles. The van der Waals surface area contributed by atoms with Crippen molar-refractivity contribution in [3.8, 4) is 0 Å². The lowest BCUT2D eigenvalue weighted by molar-refractivity contribution is 0.369. The highest BCUT2D eigenvalue weighted by Gasteiger charge is 2.23. The van der Waals surface area contributed by atoms with Crippen LogP contribution in [0.4, 0.5) is 0 Å². The van der Waals surface area contributed by atoms with E-state index in [4.69, 9.17) is 0 Å². The minimum atomic E-state index is 0.356. The Morgan fingerprint density at radius 2 is 2.00 bits per heavy atom. The second-order valence-corrected chi connectivity index (χ2v) is 5.95. The number of nitrogens with zero attached hydrogens (tertiary/aromatic N) is 2. The third-order valence-corrected chi connectivity index (χ3v) is 3.46. The van der Waals surface area contributed by atoms with Crippen LogP contribution in [0.2, 0.25) is 0 Å². The third-order valence-electron chi connectivity index (χ3n) is 2.85. The summed E-state index contributed by atoms with van der Waals surface area (Å²) in [5, 5.41) is 8.07. The van der Waals surface area contributed by atoms with Gasteiger partial charge in [0.1, 0.15) is 0 Å². The summed E-state index contributed by atoms with van der Waals surface area (Å²) in [6.07, 6.45) is 3.05. The van der Waals surface area contributed by atoms with E-state index in [0.29, 0.717) is 18.0 Å². The quantitative estimate of drug-likeness (QED) is 0.863. The van der Waals surface area contributed by atoms with Crippen molar-refractivity contribution in [1.82, 2.24) is 15.1 Å².